The molecule has 1 aromatic carbocycles. The number of nitrogens with one attached hydrogen (secondary N) is 1. The van der Waals surface area contributed by atoms with Gasteiger partial charge in [-0.1, -0.05) is 23.9 Å². The van der Waals surface area contributed by atoms with Crippen LogP contribution in [0.4, 0.5) is 5.00 Å². The largest absolute Gasteiger partial charge is 0.469 e. The van der Waals surface area contributed by atoms with Crippen molar-refractivity contribution in [1.29, 1.82) is 0 Å². The molecule has 2 heterocycles. The van der Waals surface area contributed by atoms with Gasteiger partial charge in [0.15, 0.2) is 5.16 Å². The molecular formula is C22H22N4O5S2. The number of benzene rings is 1. The number of ether oxygens (including phenoxy) is 1. The molecular weight excluding hydrogens is 464 g/mol. The van der Waals surface area contributed by atoms with Crippen molar-refractivity contribution in [2.24, 2.45) is 5.73 Å². The average Bonchev–Trinajstić information content (AvgIpc) is 3.37. The second kappa shape index (κ2) is 9.75. The molecule has 0 saturated carbocycles. The molecule has 1 aliphatic carbocycles. The Morgan fingerprint density at radius 3 is 2.82 bits per heavy atom. The van der Waals surface area contributed by atoms with Gasteiger partial charge in [0, 0.05) is 11.4 Å². The lowest BCUT2D eigenvalue weighted by Gasteiger charge is -2.12. The summed E-state index contributed by atoms with van der Waals surface area (Å²) in [6.45, 7) is 0.0801. The van der Waals surface area contributed by atoms with Crippen LogP contribution in [0, 0.1) is 0 Å². The van der Waals surface area contributed by atoms with Crippen molar-refractivity contribution < 1.29 is 19.1 Å². The van der Waals surface area contributed by atoms with Crippen LogP contribution in [0.3, 0.4) is 0 Å². The van der Waals surface area contributed by atoms with E-state index in [1.165, 1.54) is 23.0 Å². The number of hydrogen-bond donors (Lipinski definition) is 2. The maximum absolute atomic E-state index is 13.0. The van der Waals surface area contributed by atoms with E-state index in [2.05, 4.69) is 15.0 Å². The third kappa shape index (κ3) is 4.79. The zero-order valence-electron chi connectivity index (χ0n) is 17.9. The highest BCUT2D eigenvalue weighted by molar-refractivity contribution is 7.99. The van der Waals surface area contributed by atoms with Gasteiger partial charge in [-0.15, -0.1) is 11.3 Å². The minimum absolute atomic E-state index is 0.00109. The molecule has 3 N–H and O–H groups in total. The van der Waals surface area contributed by atoms with Gasteiger partial charge in [-0.25, -0.2) is 4.98 Å². The van der Waals surface area contributed by atoms with Gasteiger partial charge < -0.3 is 15.8 Å². The zero-order valence-corrected chi connectivity index (χ0v) is 19.5. The molecule has 0 bridgehead atoms. The first-order valence-corrected chi connectivity index (χ1v) is 12.1. The molecule has 0 atom stereocenters. The maximum Gasteiger partial charge on any atom is 0.307 e. The summed E-state index contributed by atoms with van der Waals surface area (Å²) in [7, 11) is 1.28. The minimum atomic E-state index is -0.551. The number of fused-ring (bicyclic) bond motifs is 2. The van der Waals surface area contributed by atoms with Gasteiger partial charge in [0.2, 0.25) is 5.91 Å². The summed E-state index contributed by atoms with van der Waals surface area (Å²) in [4.78, 5) is 54.9. The predicted octanol–water partition coefficient (Wildman–Crippen LogP) is 2.34. The summed E-state index contributed by atoms with van der Waals surface area (Å²) in [6, 6.07) is 6.90. The van der Waals surface area contributed by atoms with Crippen LogP contribution in [0.5, 0.6) is 0 Å². The van der Waals surface area contributed by atoms with Crippen molar-refractivity contribution >= 4 is 56.8 Å². The van der Waals surface area contributed by atoms with E-state index in [1.807, 2.05) is 0 Å². The number of aromatic nitrogens is 2. The van der Waals surface area contributed by atoms with Crippen molar-refractivity contribution in [1.82, 2.24) is 9.55 Å². The lowest BCUT2D eigenvalue weighted by molar-refractivity contribution is -0.140. The molecule has 33 heavy (non-hydrogen) atoms. The standard InChI is InChI=1S/C22H22N4O5S2/c1-31-17(28)9-10-26-21(30)12-5-2-3-7-14(12)24-22(26)32-11-16(27)25-20-18(19(23)29)13-6-4-8-15(13)33-20/h2-3,5,7H,4,6,8-11H2,1H3,(H2,23,29)(H,25,27). The van der Waals surface area contributed by atoms with Crippen LogP contribution >= 0.6 is 23.1 Å². The van der Waals surface area contributed by atoms with Gasteiger partial charge in [-0.05, 0) is 37.0 Å². The fraction of sp³-hybridized carbons (Fsp3) is 0.318. The number of hydrogen-bond acceptors (Lipinski definition) is 8. The van der Waals surface area contributed by atoms with Crippen molar-refractivity contribution in [2.75, 3.05) is 18.2 Å². The minimum Gasteiger partial charge on any atom is -0.469 e. The molecule has 0 aliphatic heterocycles. The van der Waals surface area contributed by atoms with E-state index in [0.717, 1.165) is 41.5 Å². The first-order chi connectivity index (χ1) is 15.9. The molecule has 3 aromatic rings. The molecule has 0 unspecified atom stereocenters. The quantitative estimate of drug-likeness (QED) is 0.284. The van der Waals surface area contributed by atoms with E-state index in [4.69, 9.17) is 5.73 Å². The van der Waals surface area contributed by atoms with Crippen LogP contribution in [0.15, 0.2) is 34.2 Å². The second-order valence-electron chi connectivity index (χ2n) is 7.46. The fourth-order valence-electron chi connectivity index (χ4n) is 3.81. The number of nitrogens with two attached hydrogens (primary N) is 1. The molecule has 0 saturated heterocycles. The van der Waals surface area contributed by atoms with E-state index in [-0.39, 0.29) is 30.2 Å². The number of methoxy groups -OCH3 is 1. The lowest BCUT2D eigenvalue weighted by Crippen LogP contribution is -2.25. The molecule has 0 fully saturated rings. The number of aryl methyl sites for hydroxylation is 1. The number of rotatable bonds is 8. The molecule has 4 rings (SSSR count). The van der Waals surface area contributed by atoms with E-state index >= 15 is 0 Å². The number of esters is 1. The number of amides is 2. The molecule has 2 aromatic heterocycles. The van der Waals surface area contributed by atoms with E-state index < -0.39 is 11.9 Å². The Labute approximate surface area is 197 Å². The zero-order chi connectivity index (χ0) is 23.5. The predicted molar refractivity (Wildman–Crippen MR) is 127 cm³/mol. The van der Waals surface area contributed by atoms with Gasteiger partial charge in [-0.2, -0.15) is 0 Å². The van der Waals surface area contributed by atoms with Crippen LogP contribution in [0.25, 0.3) is 10.9 Å². The van der Waals surface area contributed by atoms with Crippen molar-refractivity contribution in [2.45, 2.75) is 37.4 Å². The summed E-state index contributed by atoms with van der Waals surface area (Å²) in [5.74, 6) is -1.38. The Morgan fingerprint density at radius 2 is 2.06 bits per heavy atom. The van der Waals surface area contributed by atoms with Gasteiger partial charge >= 0.3 is 5.97 Å². The number of carbonyl (C=O) groups is 3. The normalized spacial score (nSPS) is 12.5. The summed E-state index contributed by atoms with van der Waals surface area (Å²) in [5.41, 5.74) is 7.10. The summed E-state index contributed by atoms with van der Waals surface area (Å²) < 4.78 is 6.06. The van der Waals surface area contributed by atoms with Gasteiger partial charge in [0.25, 0.3) is 11.5 Å². The number of thioether (sulfide) groups is 1. The Morgan fingerprint density at radius 1 is 1.27 bits per heavy atom. The SMILES string of the molecule is COC(=O)CCn1c(SCC(=O)Nc2sc3c(c2C(N)=O)CCC3)nc2ccccc2c1=O. The number of carbonyl (C=O) groups excluding carboxylic acids is 3. The van der Waals surface area contributed by atoms with Crippen LogP contribution in [-0.4, -0.2) is 40.2 Å². The highest BCUT2D eigenvalue weighted by atomic mass is 32.2. The molecule has 2 amide bonds. The smallest absolute Gasteiger partial charge is 0.307 e. The van der Waals surface area contributed by atoms with Gasteiger partial charge in [-0.3, -0.25) is 23.7 Å². The average molecular weight is 487 g/mol. The highest BCUT2D eigenvalue weighted by Crippen LogP contribution is 2.38. The third-order valence-corrected chi connectivity index (χ3v) is 7.53. The monoisotopic (exact) mass is 486 g/mol. The number of anilines is 1. The van der Waals surface area contributed by atoms with Gasteiger partial charge in [0.05, 0.1) is 35.7 Å². The third-order valence-electron chi connectivity index (χ3n) is 5.35. The topological polar surface area (TPSA) is 133 Å². The first-order valence-electron chi connectivity index (χ1n) is 10.3. The number of thiophene rings is 1. The van der Waals surface area contributed by atoms with Crippen LogP contribution in [-0.2, 0) is 33.7 Å². The Balaban J connectivity index is 1.55. The van der Waals surface area contributed by atoms with Crippen LogP contribution < -0.4 is 16.6 Å². The van der Waals surface area contributed by atoms with E-state index in [0.29, 0.717) is 26.6 Å². The highest BCUT2D eigenvalue weighted by Gasteiger charge is 2.26. The van der Waals surface area contributed by atoms with Crippen molar-refractivity contribution in [3.8, 4) is 0 Å². The Hall–Kier alpha value is -3.18. The lowest BCUT2D eigenvalue weighted by atomic mass is 10.1. The molecule has 0 radical (unpaired) electrons. The van der Waals surface area contributed by atoms with Crippen LogP contribution in [0.1, 0.15) is 33.6 Å². The number of para-hydroxylation sites is 1. The molecule has 1 aliphatic rings. The Kier molecular flexibility index (Phi) is 6.80. The molecule has 9 nitrogen and oxygen atoms in total. The molecule has 11 heteroatoms. The first kappa shape index (κ1) is 23.0. The molecule has 172 valence electrons. The Bertz CT molecular complexity index is 1310. The number of primary amides is 1. The van der Waals surface area contributed by atoms with Gasteiger partial charge in [0.1, 0.15) is 5.00 Å². The second-order valence-corrected chi connectivity index (χ2v) is 9.50. The summed E-state index contributed by atoms with van der Waals surface area (Å²) >= 11 is 2.47. The summed E-state index contributed by atoms with van der Waals surface area (Å²) in [5, 5.41) is 4.00. The van der Waals surface area contributed by atoms with Crippen LogP contribution in [0.2, 0.25) is 0 Å². The van der Waals surface area contributed by atoms with E-state index in [1.54, 1.807) is 24.3 Å². The van der Waals surface area contributed by atoms with Crippen molar-refractivity contribution in [3.63, 3.8) is 0 Å². The molecule has 0 spiro atoms. The summed E-state index contributed by atoms with van der Waals surface area (Å²) in [6.07, 6.45) is 2.63. The maximum atomic E-state index is 13.0. The fourth-order valence-corrected chi connectivity index (χ4v) is 5.94. The van der Waals surface area contributed by atoms with E-state index in [9.17, 15) is 19.2 Å². The number of nitrogens with zero attached hydrogens (tertiary/aromatic N) is 2. The van der Waals surface area contributed by atoms with Crippen molar-refractivity contribution in [3.05, 3.63) is 50.6 Å².